The lowest BCUT2D eigenvalue weighted by atomic mass is 10.0. The molecule has 1 rings (SSSR count). The van der Waals surface area contributed by atoms with Crippen LogP contribution in [0.3, 0.4) is 0 Å². The van der Waals surface area contributed by atoms with Gasteiger partial charge in [-0.3, -0.25) is 0 Å². The molecule has 1 heterocycles. The molecule has 3 N–H and O–H groups in total. The molecule has 0 unspecified atom stereocenters. The van der Waals surface area contributed by atoms with Crippen LogP contribution >= 0.6 is 15.9 Å². The van der Waals surface area contributed by atoms with Gasteiger partial charge in [-0.15, -0.1) is 0 Å². The Morgan fingerprint density at radius 3 is 2.67 bits per heavy atom. The van der Waals surface area contributed by atoms with E-state index in [4.69, 9.17) is 5.73 Å². The van der Waals surface area contributed by atoms with Gasteiger partial charge in [0.2, 0.25) is 0 Å². The van der Waals surface area contributed by atoms with Crippen LogP contribution in [0.2, 0.25) is 0 Å². The molecule has 4 heteroatoms. The maximum Gasteiger partial charge on any atom is 0.140 e. The van der Waals surface area contributed by atoms with Crippen molar-refractivity contribution >= 4 is 27.4 Å². The number of hydrogen-bond acceptors (Lipinski definition) is 3. The van der Waals surface area contributed by atoms with E-state index in [-0.39, 0.29) is 0 Å². The van der Waals surface area contributed by atoms with E-state index in [1.807, 2.05) is 6.07 Å². The van der Waals surface area contributed by atoms with E-state index >= 15 is 0 Å². The highest BCUT2D eigenvalue weighted by molar-refractivity contribution is 9.10. The molecule has 0 atom stereocenters. The number of unbranched alkanes of at least 4 members (excludes halogenated alkanes) is 3. The number of aromatic nitrogens is 1. The summed E-state index contributed by atoms with van der Waals surface area (Å²) in [5.41, 5.74) is 6.32. The Kier molecular flexibility index (Phi) is 7.09. The third kappa shape index (κ3) is 6.24. The number of hydrogen-bond donors (Lipinski definition) is 2. The predicted molar refractivity (Wildman–Crippen MR) is 82.8 cm³/mol. The summed E-state index contributed by atoms with van der Waals surface area (Å²) < 4.78 is 0.933. The quantitative estimate of drug-likeness (QED) is 0.697. The van der Waals surface area contributed by atoms with Gasteiger partial charge in [0.05, 0.1) is 16.4 Å². The van der Waals surface area contributed by atoms with Gasteiger partial charge in [0.1, 0.15) is 5.82 Å². The first-order valence-electron chi connectivity index (χ1n) is 6.74. The molecule has 0 aliphatic carbocycles. The van der Waals surface area contributed by atoms with Gasteiger partial charge in [0.25, 0.3) is 0 Å². The minimum Gasteiger partial charge on any atom is -0.397 e. The molecule has 1 aromatic heterocycles. The Morgan fingerprint density at radius 1 is 1.28 bits per heavy atom. The third-order valence-corrected chi connectivity index (χ3v) is 3.47. The molecule has 0 spiro atoms. The Balaban J connectivity index is 2.11. The minimum absolute atomic E-state index is 0.682. The van der Waals surface area contributed by atoms with E-state index in [2.05, 4.69) is 40.1 Å². The largest absolute Gasteiger partial charge is 0.397 e. The molecule has 0 aliphatic rings. The van der Waals surface area contributed by atoms with Crippen LogP contribution in [0, 0.1) is 5.92 Å². The average Bonchev–Trinajstić information content (AvgIpc) is 2.30. The molecule has 0 aromatic carbocycles. The highest BCUT2D eigenvalue weighted by Gasteiger charge is 2.00. The number of halogens is 1. The van der Waals surface area contributed by atoms with Gasteiger partial charge >= 0.3 is 0 Å². The Labute approximate surface area is 119 Å². The second kappa shape index (κ2) is 8.35. The van der Waals surface area contributed by atoms with Crippen molar-refractivity contribution in [2.24, 2.45) is 5.92 Å². The summed E-state index contributed by atoms with van der Waals surface area (Å²) in [5.74, 6) is 1.71. The molecule has 1 aromatic rings. The van der Waals surface area contributed by atoms with Crippen LogP contribution < -0.4 is 11.1 Å². The smallest absolute Gasteiger partial charge is 0.140 e. The lowest BCUT2D eigenvalue weighted by Gasteiger charge is -2.08. The number of nitrogens with two attached hydrogens (primary N) is 1. The summed E-state index contributed by atoms with van der Waals surface area (Å²) in [6.07, 6.45) is 8.18. The molecule has 0 bridgehead atoms. The summed E-state index contributed by atoms with van der Waals surface area (Å²) >= 11 is 3.45. The maximum absolute atomic E-state index is 5.64. The van der Waals surface area contributed by atoms with Crippen molar-refractivity contribution in [1.29, 1.82) is 0 Å². The van der Waals surface area contributed by atoms with Gasteiger partial charge in [0, 0.05) is 6.54 Å². The van der Waals surface area contributed by atoms with Crippen LogP contribution in [0.5, 0.6) is 0 Å². The molecular formula is C14H24BrN3. The first-order valence-corrected chi connectivity index (χ1v) is 7.53. The zero-order chi connectivity index (χ0) is 13.4. The molecule has 3 nitrogen and oxygen atoms in total. The van der Waals surface area contributed by atoms with Gasteiger partial charge in [-0.2, -0.15) is 0 Å². The fraction of sp³-hybridized carbons (Fsp3) is 0.643. The van der Waals surface area contributed by atoms with Gasteiger partial charge in [-0.25, -0.2) is 4.98 Å². The van der Waals surface area contributed by atoms with E-state index in [0.717, 1.165) is 22.8 Å². The summed E-state index contributed by atoms with van der Waals surface area (Å²) in [5, 5.41) is 3.33. The minimum atomic E-state index is 0.682. The van der Waals surface area contributed by atoms with Gasteiger partial charge in [0.15, 0.2) is 0 Å². The molecule has 0 radical (unpaired) electrons. The first-order chi connectivity index (χ1) is 8.59. The van der Waals surface area contributed by atoms with E-state index < -0.39 is 0 Å². The first kappa shape index (κ1) is 15.3. The number of nitrogen functional groups attached to an aromatic ring is 1. The molecule has 18 heavy (non-hydrogen) atoms. The van der Waals surface area contributed by atoms with Crippen LogP contribution in [-0.2, 0) is 0 Å². The SMILES string of the molecule is CC(C)CCCCCCNc1ncc(N)cc1Br. The van der Waals surface area contributed by atoms with Crippen LogP contribution in [0.25, 0.3) is 0 Å². The van der Waals surface area contributed by atoms with Crippen LogP contribution in [0.1, 0.15) is 46.0 Å². The Morgan fingerprint density at radius 2 is 2.00 bits per heavy atom. The maximum atomic E-state index is 5.64. The van der Waals surface area contributed by atoms with E-state index in [0.29, 0.717) is 5.69 Å². The summed E-state index contributed by atoms with van der Waals surface area (Å²) in [4.78, 5) is 4.25. The lowest BCUT2D eigenvalue weighted by Crippen LogP contribution is -2.04. The fourth-order valence-electron chi connectivity index (χ4n) is 1.82. The number of anilines is 2. The van der Waals surface area contributed by atoms with Crippen molar-refractivity contribution in [2.45, 2.75) is 46.0 Å². The highest BCUT2D eigenvalue weighted by Crippen LogP contribution is 2.21. The average molecular weight is 314 g/mol. The molecule has 0 fully saturated rings. The molecule has 0 saturated heterocycles. The topological polar surface area (TPSA) is 50.9 Å². The van der Waals surface area contributed by atoms with E-state index in [1.54, 1.807) is 6.20 Å². The third-order valence-electron chi connectivity index (χ3n) is 2.86. The van der Waals surface area contributed by atoms with Crippen molar-refractivity contribution in [2.75, 3.05) is 17.6 Å². The second-order valence-corrected chi connectivity index (χ2v) is 5.98. The molecule has 0 amide bonds. The monoisotopic (exact) mass is 313 g/mol. The van der Waals surface area contributed by atoms with Gasteiger partial charge < -0.3 is 11.1 Å². The van der Waals surface area contributed by atoms with Crippen LogP contribution in [-0.4, -0.2) is 11.5 Å². The second-order valence-electron chi connectivity index (χ2n) is 5.12. The predicted octanol–water partition coefficient (Wildman–Crippen LogP) is 4.44. The van der Waals surface area contributed by atoms with Gasteiger partial charge in [-0.1, -0.05) is 39.5 Å². The molecule has 0 aliphatic heterocycles. The van der Waals surface area contributed by atoms with Crippen molar-refractivity contribution in [3.8, 4) is 0 Å². The lowest BCUT2D eigenvalue weighted by molar-refractivity contribution is 0.523. The van der Waals surface area contributed by atoms with Crippen molar-refractivity contribution in [3.63, 3.8) is 0 Å². The van der Waals surface area contributed by atoms with Crippen molar-refractivity contribution in [3.05, 3.63) is 16.7 Å². The number of nitrogens with zero attached hydrogens (tertiary/aromatic N) is 1. The Bertz CT molecular complexity index is 353. The van der Waals surface area contributed by atoms with Crippen LogP contribution in [0.4, 0.5) is 11.5 Å². The standard InChI is InChI=1S/C14H24BrN3/c1-11(2)7-5-3-4-6-8-17-14-13(15)9-12(16)10-18-14/h9-11H,3-8,16H2,1-2H3,(H,17,18). The summed E-state index contributed by atoms with van der Waals surface area (Å²) in [7, 11) is 0. The Hall–Kier alpha value is -0.770. The normalized spacial score (nSPS) is 10.9. The van der Waals surface area contributed by atoms with E-state index in [9.17, 15) is 0 Å². The van der Waals surface area contributed by atoms with Crippen molar-refractivity contribution in [1.82, 2.24) is 4.98 Å². The number of nitrogens with one attached hydrogen (secondary N) is 1. The number of pyridine rings is 1. The molecule has 0 saturated carbocycles. The van der Waals surface area contributed by atoms with E-state index in [1.165, 1.54) is 32.1 Å². The summed E-state index contributed by atoms with van der Waals surface area (Å²) in [6.45, 7) is 5.54. The zero-order valence-electron chi connectivity index (χ0n) is 11.4. The number of rotatable bonds is 8. The van der Waals surface area contributed by atoms with Crippen molar-refractivity contribution < 1.29 is 0 Å². The molecule has 102 valence electrons. The molecular weight excluding hydrogens is 290 g/mol. The van der Waals surface area contributed by atoms with Crippen LogP contribution in [0.15, 0.2) is 16.7 Å². The fourth-order valence-corrected chi connectivity index (χ4v) is 2.33. The van der Waals surface area contributed by atoms with Gasteiger partial charge in [-0.05, 0) is 34.3 Å². The highest BCUT2D eigenvalue weighted by atomic mass is 79.9. The zero-order valence-corrected chi connectivity index (χ0v) is 13.0. The summed E-state index contributed by atoms with van der Waals surface area (Å²) in [6, 6.07) is 1.87.